The van der Waals surface area contributed by atoms with E-state index >= 15 is 0 Å². The van der Waals surface area contributed by atoms with E-state index in [4.69, 9.17) is 9.47 Å². The second kappa shape index (κ2) is 13.2. The number of nitro benzene ring substituents is 1. The third-order valence-corrected chi connectivity index (χ3v) is 6.32. The van der Waals surface area contributed by atoms with Crippen LogP contribution in [0.2, 0.25) is 0 Å². The Labute approximate surface area is 230 Å². The van der Waals surface area contributed by atoms with E-state index in [2.05, 4.69) is 16.8 Å². The van der Waals surface area contributed by atoms with Crippen LogP contribution in [0.4, 0.5) is 18.9 Å². The summed E-state index contributed by atoms with van der Waals surface area (Å²) in [6.07, 6.45) is -8.75. The number of aliphatic hydroxyl groups excluding tert-OH is 2. The van der Waals surface area contributed by atoms with Crippen molar-refractivity contribution in [3.8, 4) is 11.8 Å². The van der Waals surface area contributed by atoms with Crippen molar-refractivity contribution in [1.82, 2.24) is 9.55 Å². The van der Waals surface area contributed by atoms with Crippen molar-refractivity contribution in [1.29, 1.82) is 0 Å². The maximum atomic E-state index is 12.5. The molecule has 2 aromatic rings. The van der Waals surface area contributed by atoms with Gasteiger partial charge in [0.1, 0.15) is 12.3 Å². The predicted octanol–water partition coefficient (Wildman–Crippen LogP) is 2.26. The molecule has 0 unspecified atom stereocenters. The molecular weight excluding hydrogens is 555 g/mol. The van der Waals surface area contributed by atoms with Crippen molar-refractivity contribution < 1.29 is 42.6 Å². The van der Waals surface area contributed by atoms with E-state index < -0.39 is 65.7 Å². The highest BCUT2D eigenvalue weighted by molar-refractivity contribution is 5.84. The Morgan fingerprint density at radius 2 is 2.05 bits per heavy atom. The number of hydrogen-bond acceptors (Lipinski definition) is 9. The monoisotopic (exact) mass is 583 g/mol. The smallest absolute Gasteiger partial charge is 0.394 e. The molecule has 1 aromatic carbocycles. The van der Waals surface area contributed by atoms with Crippen LogP contribution in [0.25, 0.3) is 0 Å². The van der Waals surface area contributed by atoms with Gasteiger partial charge < -0.3 is 19.7 Å². The summed E-state index contributed by atoms with van der Waals surface area (Å²) in [5.41, 5.74) is -1.63. The first-order valence-electron chi connectivity index (χ1n) is 12.5. The van der Waals surface area contributed by atoms with Gasteiger partial charge in [-0.3, -0.25) is 29.3 Å². The summed E-state index contributed by atoms with van der Waals surface area (Å²) in [5.74, 6) is 2.68. The van der Waals surface area contributed by atoms with Crippen LogP contribution in [0, 0.1) is 27.9 Å². The van der Waals surface area contributed by atoms with Gasteiger partial charge in [0.15, 0.2) is 0 Å². The summed E-state index contributed by atoms with van der Waals surface area (Å²) in [4.78, 5) is 49.1. The normalized spacial score (nSPS) is 19.6. The molecule has 1 fully saturated rings. The molecule has 15 heteroatoms. The lowest BCUT2D eigenvalue weighted by molar-refractivity contribution is -0.386. The average Bonchev–Trinajstić information content (AvgIpc) is 3.27. The van der Waals surface area contributed by atoms with Gasteiger partial charge in [-0.1, -0.05) is 25.7 Å². The number of hydrogen-bond donors (Lipinski definition) is 3. The summed E-state index contributed by atoms with van der Waals surface area (Å²) in [5, 5.41) is 31.1. The lowest BCUT2D eigenvalue weighted by Gasteiger charge is -2.22. The number of aliphatic hydroxyl groups is 2. The number of rotatable bonds is 10. The van der Waals surface area contributed by atoms with E-state index in [1.165, 1.54) is 18.3 Å². The van der Waals surface area contributed by atoms with Gasteiger partial charge in [-0.05, 0) is 18.1 Å². The number of H-pyrrole nitrogens is 1. The Kier molecular flexibility index (Phi) is 10.2. The minimum absolute atomic E-state index is 0.000618. The minimum Gasteiger partial charge on any atom is -0.394 e. The molecule has 0 radical (unpaired) electrons. The number of ketones is 1. The Hall–Kier alpha value is -3.84. The van der Waals surface area contributed by atoms with Gasteiger partial charge in [-0.2, -0.15) is 13.2 Å². The average molecular weight is 584 g/mol. The molecule has 0 spiro atoms. The number of halogens is 3. The third-order valence-electron chi connectivity index (χ3n) is 6.32. The minimum atomic E-state index is -4.95. The van der Waals surface area contributed by atoms with E-state index in [1.54, 1.807) is 13.8 Å². The van der Waals surface area contributed by atoms with Crippen LogP contribution in [0.5, 0.6) is 0 Å². The quantitative estimate of drug-likeness (QED) is 0.215. The number of aromatic nitrogens is 2. The molecule has 222 valence electrons. The number of alkyl halides is 3. The maximum absolute atomic E-state index is 12.5. The zero-order chi connectivity index (χ0) is 30.5. The van der Waals surface area contributed by atoms with Crippen molar-refractivity contribution in [2.45, 2.75) is 70.4 Å². The molecule has 3 N–H and O–H groups in total. The van der Waals surface area contributed by atoms with Crippen molar-refractivity contribution >= 4 is 11.5 Å². The van der Waals surface area contributed by atoms with Gasteiger partial charge >= 0.3 is 11.9 Å². The predicted molar refractivity (Wildman–Crippen MR) is 136 cm³/mol. The van der Waals surface area contributed by atoms with Crippen LogP contribution in [0.1, 0.15) is 62.1 Å². The number of nitro groups is 1. The summed E-state index contributed by atoms with van der Waals surface area (Å²) in [7, 11) is 0. The van der Waals surface area contributed by atoms with E-state index in [0.717, 1.165) is 10.6 Å². The number of aromatic amines is 1. The van der Waals surface area contributed by atoms with Crippen molar-refractivity contribution in [2.24, 2.45) is 5.92 Å². The van der Waals surface area contributed by atoms with Crippen LogP contribution in [0.15, 0.2) is 34.0 Å². The molecule has 3 rings (SSSR count). The summed E-state index contributed by atoms with van der Waals surface area (Å²) < 4.78 is 49.4. The molecule has 0 aliphatic carbocycles. The zero-order valence-corrected chi connectivity index (χ0v) is 22.0. The van der Waals surface area contributed by atoms with Crippen LogP contribution >= 0.6 is 0 Å². The fraction of sp³-hybridized carbons (Fsp3) is 0.500. The van der Waals surface area contributed by atoms with Gasteiger partial charge in [0.2, 0.25) is 5.78 Å². The summed E-state index contributed by atoms with van der Waals surface area (Å²) in [6.45, 7) is 2.63. The first-order valence-corrected chi connectivity index (χ1v) is 12.5. The van der Waals surface area contributed by atoms with E-state index in [-0.39, 0.29) is 47.7 Å². The standard InChI is InChI=1S/C26H28F3N3O9/c1-14(2)23(17-8-7-15(9-18(17)32(38)39)5-3-4-6-21(35)26(27,28)29)40-13-16-11-31(25(37)30-24(16)36)22-10-19(34)20(12-33)41-22/h7-9,11,14,19-20,22-23,33-34H,4,6,10,12-13H2,1-2H3,(H,30,36,37)/t19-,20-,22-,23+/m1/s1. The van der Waals surface area contributed by atoms with Crippen molar-refractivity contribution in [3.63, 3.8) is 0 Å². The third kappa shape index (κ3) is 7.88. The fourth-order valence-electron chi connectivity index (χ4n) is 4.22. The van der Waals surface area contributed by atoms with Crippen molar-refractivity contribution in [2.75, 3.05) is 6.61 Å². The molecule has 1 aliphatic heterocycles. The number of carbonyl (C=O) groups is 1. The second-order valence-corrected chi connectivity index (χ2v) is 9.66. The number of carbonyl (C=O) groups excluding carboxylic acids is 1. The Morgan fingerprint density at radius 1 is 1.34 bits per heavy atom. The van der Waals surface area contributed by atoms with Crippen LogP contribution in [-0.2, 0) is 20.9 Å². The van der Waals surface area contributed by atoms with Crippen LogP contribution < -0.4 is 11.2 Å². The second-order valence-electron chi connectivity index (χ2n) is 9.66. The molecule has 0 saturated carbocycles. The molecule has 12 nitrogen and oxygen atoms in total. The number of nitrogens with zero attached hydrogens (tertiary/aromatic N) is 2. The van der Waals surface area contributed by atoms with Crippen LogP contribution in [0.3, 0.4) is 0 Å². The summed E-state index contributed by atoms with van der Waals surface area (Å²) >= 11 is 0. The highest BCUT2D eigenvalue weighted by atomic mass is 19.4. The van der Waals surface area contributed by atoms with Gasteiger partial charge in [-0.25, -0.2) is 4.79 Å². The maximum Gasteiger partial charge on any atom is 0.450 e. The molecule has 0 amide bonds. The molecule has 0 bridgehead atoms. The molecule has 41 heavy (non-hydrogen) atoms. The molecule has 2 heterocycles. The van der Waals surface area contributed by atoms with Gasteiger partial charge in [0, 0.05) is 37.1 Å². The molecule has 4 atom stereocenters. The number of Topliss-reactive ketones (excluding diaryl/α,β-unsaturated/α-hetero) is 1. The van der Waals surface area contributed by atoms with Gasteiger partial charge in [-0.15, -0.1) is 0 Å². The fourth-order valence-corrected chi connectivity index (χ4v) is 4.22. The number of ether oxygens (including phenoxy) is 2. The van der Waals surface area contributed by atoms with Gasteiger partial charge in [0.05, 0.1) is 41.5 Å². The van der Waals surface area contributed by atoms with Crippen molar-refractivity contribution in [3.05, 3.63) is 72.0 Å². The highest BCUT2D eigenvalue weighted by Gasteiger charge is 2.37. The first-order chi connectivity index (χ1) is 19.2. The molecule has 1 aliphatic rings. The topological polar surface area (TPSA) is 174 Å². The molecule has 1 saturated heterocycles. The summed E-state index contributed by atoms with van der Waals surface area (Å²) in [6, 6.07) is 3.95. The number of benzene rings is 1. The highest BCUT2D eigenvalue weighted by Crippen LogP contribution is 2.34. The molecule has 1 aromatic heterocycles. The van der Waals surface area contributed by atoms with E-state index in [0.29, 0.717) is 0 Å². The zero-order valence-electron chi connectivity index (χ0n) is 22.0. The van der Waals surface area contributed by atoms with Gasteiger partial charge in [0.25, 0.3) is 11.2 Å². The lowest BCUT2D eigenvalue weighted by Crippen LogP contribution is -2.34. The lowest BCUT2D eigenvalue weighted by atomic mass is 9.96. The van der Waals surface area contributed by atoms with Crippen LogP contribution in [-0.4, -0.2) is 55.5 Å². The Morgan fingerprint density at radius 3 is 2.63 bits per heavy atom. The Bertz CT molecular complexity index is 1460. The largest absolute Gasteiger partial charge is 0.450 e. The first kappa shape index (κ1) is 31.7. The molecular formula is C26H28F3N3O9. The SMILES string of the molecule is CC(C)[C@H](OCc1cn([C@H]2C[C@@H](O)[C@@H](CO)O2)c(=O)[nH]c1=O)c1ccc(C#CCCC(=O)C(F)(F)F)cc1[N+](=O)[O-]. The van der Waals surface area contributed by atoms with E-state index in [9.17, 15) is 47.9 Å². The Balaban J connectivity index is 1.82. The number of nitrogens with one attached hydrogen (secondary N) is 1. The van der Waals surface area contributed by atoms with E-state index in [1.807, 2.05) is 0 Å².